The van der Waals surface area contributed by atoms with Gasteiger partial charge in [-0.3, -0.25) is 9.78 Å². The standard InChI is InChI=1S/C14H21N3O3/c1-4-10(2)17(9-13(18)19)14(20)16-11(3)12-5-7-15-8-6-12/h5-8,10-11H,4,9H2,1-3H3,(H,16,20)(H,18,19). The molecule has 0 bridgehead atoms. The van der Waals surface area contributed by atoms with Crippen molar-refractivity contribution in [2.24, 2.45) is 0 Å². The fraction of sp³-hybridized carbons (Fsp3) is 0.500. The third-order valence-electron chi connectivity index (χ3n) is 3.24. The van der Waals surface area contributed by atoms with Crippen molar-refractivity contribution >= 4 is 12.0 Å². The Morgan fingerprint density at radius 2 is 1.95 bits per heavy atom. The van der Waals surface area contributed by atoms with Gasteiger partial charge in [0.05, 0.1) is 6.04 Å². The van der Waals surface area contributed by atoms with Gasteiger partial charge in [0.25, 0.3) is 0 Å². The molecule has 0 aliphatic rings. The topological polar surface area (TPSA) is 82.5 Å². The van der Waals surface area contributed by atoms with Crippen LogP contribution in [-0.4, -0.2) is 39.6 Å². The van der Waals surface area contributed by atoms with E-state index in [-0.39, 0.29) is 24.7 Å². The van der Waals surface area contributed by atoms with E-state index in [1.54, 1.807) is 12.4 Å². The molecule has 1 aromatic rings. The molecule has 1 heterocycles. The molecule has 6 heteroatoms. The first kappa shape index (κ1) is 15.9. The molecule has 2 atom stereocenters. The summed E-state index contributed by atoms with van der Waals surface area (Å²) in [5, 5.41) is 11.7. The Hall–Kier alpha value is -2.11. The van der Waals surface area contributed by atoms with E-state index in [1.165, 1.54) is 4.90 Å². The highest BCUT2D eigenvalue weighted by Gasteiger charge is 2.22. The van der Waals surface area contributed by atoms with Crippen LogP contribution in [0.1, 0.15) is 38.8 Å². The van der Waals surface area contributed by atoms with Gasteiger partial charge in [0, 0.05) is 18.4 Å². The van der Waals surface area contributed by atoms with Crippen LogP contribution in [0.5, 0.6) is 0 Å². The average Bonchev–Trinajstić information content (AvgIpc) is 2.44. The molecule has 6 nitrogen and oxygen atoms in total. The van der Waals surface area contributed by atoms with E-state index in [4.69, 9.17) is 5.11 Å². The Balaban J connectivity index is 2.73. The first-order valence-electron chi connectivity index (χ1n) is 6.64. The molecular weight excluding hydrogens is 258 g/mol. The second kappa shape index (κ2) is 7.47. The van der Waals surface area contributed by atoms with E-state index < -0.39 is 5.97 Å². The SMILES string of the molecule is CCC(C)N(CC(=O)O)C(=O)NC(C)c1ccncc1. The number of carbonyl (C=O) groups is 2. The first-order valence-corrected chi connectivity index (χ1v) is 6.64. The Bertz CT molecular complexity index is 450. The molecule has 0 aliphatic heterocycles. The lowest BCUT2D eigenvalue weighted by atomic mass is 10.1. The molecule has 2 unspecified atom stereocenters. The quantitative estimate of drug-likeness (QED) is 0.834. The van der Waals surface area contributed by atoms with Crippen molar-refractivity contribution in [3.63, 3.8) is 0 Å². The molecule has 0 aliphatic carbocycles. The lowest BCUT2D eigenvalue weighted by molar-refractivity contribution is -0.138. The minimum absolute atomic E-state index is 0.129. The molecule has 1 rings (SSSR count). The monoisotopic (exact) mass is 279 g/mol. The summed E-state index contributed by atoms with van der Waals surface area (Å²) in [5.74, 6) is -1.02. The van der Waals surface area contributed by atoms with Crippen molar-refractivity contribution in [2.45, 2.75) is 39.3 Å². The average molecular weight is 279 g/mol. The lowest BCUT2D eigenvalue weighted by Gasteiger charge is -2.28. The van der Waals surface area contributed by atoms with Gasteiger partial charge in [-0.1, -0.05) is 6.92 Å². The van der Waals surface area contributed by atoms with Crippen LogP contribution >= 0.6 is 0 Å². The lowest BCUT2D eigenvalue weighted by Crippen LogP contribution is -2.47. The van der Waals surface area contributed by atoms with Crippen molar-refractivity contribution in [1.82, 2.24) is 15.2 Å². The number of carboxylic acids is 1. The second-order valence-corrected chi connectivity index (χ2v) is 4.73. The third-order valence-corrected chi connectivity index (χ3v) is 3.24. The number of hydrogen-bond donors (Lipinski definition) is 2. The van der Waals surface area contributed by atoms with Crippen molar-refractivity contribution in [3.8, 4) is 0 Å². The Kier molecular flexibility index (Phi) is 5.96. The van der Waals surface area contributed by atoms with Crippen LogP contribution in [0.25, 0.3) is 0 Å². The number of carboxylic acid groups (broad SMARTS) is 1. The third kappa shape index (κ3) is 4.53. The van der Waals surface area contributed by atoms with E-state index in [0.29, 0.717) is 6.42 Å². The van der Waals surface area contributed by atoms with Gasteiger partial charge in [0.15, 0.2) is 0 Å². The fourth-order valence-electron chi connectivity index (χ4n) is 1.80. The minimum Gasteiger partial charge on any atom is -0.480 e. The van der Waals surface area contributed by atoms with Gasteiger partial charge in [0.1, 0.15) is 6.54 Å². The van der Waals surface area contributed by atoms with Gasteiger partial charge in [-0.05, 0) is 38.0 Å². The number of aromatic nitrogens is 1. The number of nitrogens with one attached hydrogen (secondary N) is 1. The zero-order valence-corrected chi connectivity index (χ0v) is 12.0. The molecule has 110 valence electrons. The summed E-state index contributed by atoms with van der Waals surface area (Å²) in [7, 11) is 0. The van der Waals surface area contributed by atoms with Crippen molar-refractivity contribution in [3.05, 3.63) is 30.1 Å². The van der Waals surface area contributed by atoms with Gasteiger partial charge >= 0.3 is 12.0 Å². The second-order valence-electron chi connectivity index (χ2n) is 4.73. The summed E-state index contributed by atoms with van der Waals surface area (Å²) in [6.45, 7) is 5.30. The summed E-state index contributed by atoms with van der Waals surface area (Å²) in [4.78, 5) is 28.3. The molecule has 0 saturated carbocycles. The maximum absolute atomic E-state index is 12.2. The Labute approximate surface area is 118 Å². The zero-order chi connectivity index (χ0) is 15.1. The molecule has 0 saturated heterocycles. The van der Waals surface area contributed by atoms with Crippen molar-refractivity contribution in [1.29, 1.82) is 0 Å². The van der Waals surface area contributed by atoms with E-state index in [2.05, 4.69) is 10.3 Å². The van der Waals surface area contributed by atoms with Crippen LogP contribution in [0.2, 0.25) is 0 Å². The molecule has 2 amide bonds. The first-order chi connectivity index (χ1) is 9.45. The number of amides is 2. The molecule has 0 aromatic carbocycles. The number of aliphatic carboxylic acids is 1. The summed E-state index contributed by atoms with van der Waals surface area (Å²) >= 11 is 0. The smallest absolute Gasteiger partial charge is 0.323 e. The van der Waals surface area contributed by atoms with Crippen LogP contribution in [0.4, 0.5) is 4.79 Å². The van der Waals surface area contributed by atoms with Gasteiger partial charge in [-0.25, -0.2) is 4.79 Å². The maximum Gasteiger partial charge on any atom is 0.323 e. The number of pyridine rings is 1. The number of carbonyl (C=O) groups excluding carboxylic acids is 1. The van der Waals surface area contributed by atoms with Crippen LogP contribution in [0.3, 0.4) is 0 Å². The molecule has 0 spiro atoms. The summed E-state index contributed by atoms with van der Waals surface area (Å²) in [5.41, 5.74) is 0.924. The van der Waals surface area contributed by atoms with E-state index in [0.717, 1.165) is 5.56 Å². The van der Waals surface area contributed by atoms with Gasteiger partial charge in [0.2, 0.25) is 0 Å². The predicted octanol–water partition coefficient (Wildman–Crippen LogP) is 2.04. The van der Waals surface area contributed by atoms with Gasteiger partial charge < -0.3 is 15.3 Å². The van der Waals surface area contributed by atoms with E-state index in [1.807, 2.05) is 32.9 Å². The zero-order valence-electron chi connectivity index (χ0n) is 12.0. The molecule has 2 N–H and O–H groups in total. The van der Waals surface area contributed by atoms with Crippen molar-refractivity contribution < 1.29 is 14.7 Å². The summed E-state index contributed by atoms with van der Waals surface area (Å²) in [6, 6.07) is 2.93. The van der Waals surface area contributed by atoms with Gasteiger partial charge in [-0.2, -0.15) is 0 Å². The largest absolute Gasteiger partial charge is 0.480 e. The highest BCUT2D eigenvalue weighted by molar-refractivity contribution is 5.80. The number of rotatable bonds is 6. The summed E-state index contributed by atoms with van der Waals surface area (Å²) < 4.78 is 0. The van der Waals surface area contributed by atoms with Crippen LogP contribution in [0.15, 0.2) is 24.5 Å². The summed E-state index contributed by atoms with van der Waals surface area (Å²) in [6.07, 6.45) is 4.01. The number of nitrogens with zero attached hydrogens (tertiary/aromatic N) is 2. The molecular formula is C14H21N3O3. The normalized spacial score (nSPS) is 13.3. The van der Waals surface area contributed by atoms with Crippen molar-refractivity contribution in [2.75, 3.05) is 6.54 Å². The highest BCUT2D eigenvalue weighted by atomic mass is 16.4. The fourth-order valence-corrected chi connectivity index (χ4v) is 1.80. The molecule has 0 radical (unpaired) electrons. The van der Waals surface area contributed by atoms with Crippen LogP contribution < -0.4 is 5.32 Å². The number of hydrogen-bond acceptors (Lipinski definition) is 3. The van der Waals surface area contributed by atoms with Crippen LogP contribution in [-0.2, 0) is 4.79 Å². The highest BCUT2D eigenvalue weighted by Crippen LogP contribution is 2.12. The maximum atomic E-state index is 12.2. The minimum atomic E-state index is -1.02. The molecule has 20 heavy (non-hydrogen) atoms. The van der Waals surface area contributed by atoms with Crippen LogP contribution in [0, 0.1) is 0 Å². The van der Waals surface area contributed by atoms with Gasteiger partial charge in [-0.15, -0.1) is 0 Å². The van der Waals surface area contributed by atoms with E-state index >= 15 is 0 Å². The van der Waals surface area contributed by atoms with E-state index in [9.17, 15) is 9.59 Å². The predicted molar refractivity (Wildman–Crippen MR) is 75.3 cm³/mol. The Morgan fingerprint density at radius 1 is 1.35 bits per heavy atom. The Morgan fingerprint density at radius 3 is 2.45 bits per heavy atom. The molecule has 1 aromatic heterocycles. The number of urea groups is 1. The molecule has 0 fully saturated rings.